The summed E-state index contributed by atoms with van der Waals surface area (Å²) in [5.74, 6) is -3.00. The van der Waals surface area contributed by atoms with Crippen molar-refractivity contribution in [2.24, 2.45) is 0 Å². The van der Waals surface area contributed by atoms with E-state index in [1.165, 1.54) is 0 Å². The van der Waals surface area contributed by atoms with Gasteiger partial charge in [0.25, 0.3) is 5.91 Å². The summed E-state index contributed by atoms with van der Waals surface area (Å²) in [6, 6.07) is 0. The van der Waals surface area contributed by atoms with Crippen LogP contribution in [0.4, 0.5) is 0 Å². The number of rotatable bonds is 5. The highest BCUT2D eigenvalue weighted by Gasteiger charge is 2.24. The van der Waals surface area contributed by atoms with Crippen molar-refractivity contribution in [1.29, 1.82) is 0 Å². The largest absolute Gasteiger partial charge is 0.480 e. The molecule has 17 heavy (non-hydrogen) atoms. The Morgan fingerprint density at radius 2 is 1.65 bits per heavy atom. The summed E-state index contributed by atoms with van der Waals surface area (Å²) in [7, 11) is 0. The molecule has 1 saturated heterocycles. The minimum Gasteiger partial charge on any atom is -0.480 e. The Kier molecular flexibility index (Phi) is 4.22. The van der Waals surface area contributed by atoms with Gasteiger partial charge in [-0.25, -0.2) is 0 Å². The monoisotopic (exact) mass is 242 g/mol. The van der Waals surface area contributed by atoms with Crippen LogP contribution in [0, 0.1) is 0 Å². The maximum atomic E-state index is 11.9. The average Bonchev–Trinajstić information content (AvgIpc) is 2.11. The zero-order valence-electron chi connectivity index (χ0n) is 9.39. The van der Waals surface area contributed by atoms with Gasteiger partial charge in [0.05, 0.1) is 0 Å². The normalized spacial score (nSPS) is 13.8. The third kappa shape index (κ3) is 3.56. The highest BCUT2D eigenvalue weighted by molar-refractivity contribution is 5.97. The van der Waals surface area contributed by atoms with Crippen LogP contribution in [-0.2, 0) is 14.4 Å². The first-order valence-electron chi connectivity index (χ1n) is 5.04. The number of hydrogen-bond acceptors (Lipinski definition) is 4. The molecule has 7 nitrogen and oxygen atoms in total. The van der Waals surface area contributed by atoms with Crippen LogP contribution in [-0.4, -0.2) is 59.1 Å². The molecule has 7 heteroatoms. The minimum absolute atomic E-state index is 0.422. The fourth-order valence-electron chi connectivity index (χ4n) is 1.43. The molecule has 0 aromatic rings. The molecule has 0 aromatic carbocycles. The Bertz CT molecular complexity index is 366. The first-order valence-corrected chi connectivity index (χ1v) is 5.04. The lowest BCUT2D eigenvalue weighted by molar-refractivity contribution is -0.147. The van der Waals surface area contributed by atoms with Gasteiger partial charge in [0.1, 0.15) is 13.1 Å². The van der Waals surface area contributed by atoms with Gasteiger partial charge >= 0.3 is 11.9 Å². The molecular weight excluding hydrogens is 228 g/mol. The van der Waals surface area contributed by atoms with Crippen molar-refractivity contribution in [3.63, 3.8) is 0 Å². The van der Waals surface area contributed by atoms with Gasteiger partial charge in [-0.05, 0) is 12.5 Å². The number of amides is 1. The third-order valence-electron chi connectivity index (χ3n) is 2.47. The number of carbonyl (C=O) groups is 3. The second-order valence-corrected chi connectivity index (χ2v) is 3.78. The van der Waals surface area contributed by atoms with Gasteiger partial charge in [-0.1, -0.05) is 0 Å². The summed E-state index contributed by atoms with van der Waals surface area (Å²) in [5, 5.41) is 20.2. The van der Waals surface area contributed by atoms with Crippen LogP contribution in [0.2, 0.25) is 0 Å². The molecule has 0 radical (unpaired) electrons. The highest BCUT2D eigenvalue weighted by atomic mass is 16.4. The Balaban J connectivity index is 2.78. The number of nitrogens with zero attached hydrogens (tertiary/aromatic N) is 1. The number of nitrogens with one attached hydrogen (secondary N) is 1. The number of carboxylic acids is 2. The van der Waals surface area contributed by atoms with E-state index in [-0.39, 0.29) is 0 Å². The Labute approximate surface area is 97.7 Å². The van der Waals surface area contributed by atoms with E-state index in [0.29, 0.717) is 18.7 Å². The summed E-state index contributed by atoms with van der Waals surface area (Å²) in [5.41, 5.74) is 1.31. The fourth-order valence-corrected chi connectivity index (χ4v) is 1.43. The lowest BCUT2D eigenvalue weighted by Crippen LogP contribution is -2.42. The van der Waals surface area contributed by atoms with Gasteiger partial charge in [0.2, 0.25) is 0 Å². The number of carbonyl (C=O) groups excluding carboxylic acids is 1. The average molecular weight is 242 g/mol. The maximum absolute atomic E-state index is 11.9. The number of hydrogen-bond donors (Lipinski definition) is 3. The molecule has 0 saturated carbocycles. The molecule has 0 aliphatic carbocycles. The van der Waals surface area contributed by atoms with Crippen molar-refractivity contribution in [2.45, 2.75) is 6.92 Å². The van der Waals surface area contributed by atoms with Gasteiger partial charge in [0.15, 0.2) is 0 Å². The van der Waals surface area contributed by atoms with Crippen molar-refractivity contribution in [3.05, 3.63) is 11.1 Å². The van der Waals surface area contributed by atoms with Crippen LogP contribution in [0.15, 0.2) is 11.1 Å². The molecule has 0 aromatic heterocycles. The topological polar surface area (TPSA) is 107 Å². The second kappa shape index (κ2) is 5.44. The van der Waals surface area contributed by atoms with E-state index in [4.69, 9.17) is 10.2 Å². The molecule has 94 valence electrons. The molecule has 0 unspecified atom stereocenters. The third-order valence-corrected chi connectivity index (χ3v) is 2.47. The van der Waals surface area contributed by atoms with Crippen LogP contribution in [0.3, 0.4) is 0 Å². The van der Waals surface area contributed by atoms with Crippen LogP contribution >= 0.6 is 0 Å². The van der Waals surface area contributed by atoms with Gasteiger partial charge in [-0.2, -0.15) is 0 Å². The molecule has 0 bridgehead atoms. The highest BCUT2D eigenvalue weighted by Crippen LogP contribution is 2.11. The molecule has 1 amide bonds. The Morgan fingerprint density at radius 3 is 1.94 bits per heavy atom. The summed E-state index contributed by atoms with van der Waals surface area (Å²) >= 11 is 0. The standard InChI is InChI=1S/C10H14N2O5/c1-6(7-2-11-3-7)10(17)12(4-8(13)14)5-9(15)16/h11H,2-5H2,1H3,(H,13,14)(H,15,16). The van der Waals surface area contributed by atoms with E-state index in [1.807, 2.05) is 0 Å². The minimum atomic E-state index is -1.23. The van der Waals surface area contributed by atoms with Crippen LogP contribution < -0.4 is 5.32 Å². The lowest BCUT2D eigenvalue weighted by Gasteiger charge is -2.25. The zero-order chi connectivity index (χ0) is 13.0. The number of carboxylic acid groups (broad SMARTS) is 2. The first kappa shape index (κ1) is 13.2. The van der Waals surface area contributed by atoms with Gasteiger partial charge in [0, 0.05) is 18.7 Å². The summed E-state index contributed by atoms with van der Waals surface area (Å²) in [4.78, 5) is 33.8. The van der Waals surface area contributed by atoms with E-state index in [2.05, 4.69) is 5.32 Å². The summed E-state index contributed by atoms with van der Waals surface area (Å²) in [6.07, 6.45) is 0. The molecular formula is C10H14N2O5. The quantitative estimate of drug-likeness (QED) is 0.528. The van der Waals surface area contributed by atoms with Crippen LogP contribution in [0.1, 0.15) is 6.92 Å². The molecule has 0 atom stereocenters. The molecule has 0 spiro atoms. The molecule has 1 aliphatic heterocycles. The van der Waals surface area contributed by atoms with E-state index in [0.717, 1.165) is 10.5 Å². The van der Waals surface area contributed by atoms with Gasteiger partial charge in [-0.3, -0.25) is 14.4 Å². The van der Waals surface area contributed by atoms with E-state index in [1.54, 1.807) is 6.92 Å². The van der Waals surface area contributed by atoms with Gasteiger partial charge < -0.3 is 20.4 Å². The molecule has 1 rings (SSSR count). The van der Waals surface area contributed by atoms with Crippen molar-refractivity contribution in [3.8, 4) is 0 Å². The van der Waals surface area contributed by atoms with Gasteiger partial charge in [-0.15, -0.1) is 0 Å². The van der Waals surface area contributed by atoms with Crippen molar-refractivity contribution < 1.29 is 24.6 Å². The molecule has 1 fully saturated rings. The SMILES string of the molecule is CC(C(=O)N(CC(=O)O)CC(=O)O)=C1CNC1. The maximum Gasteiger partial charge on any atom is 0.323 e. The molecule has 1 heterocycles. The summed E-state index contributed by atoms with van der Waals surface area (Å²) in [6.45, 7) is 1.54. The van der Waals surface area contributed by atoms with E-state index < -0.39 is 30.9 Å². The zero-order valence-corrected chi connectivity index (χ0v) is 9.39. The second-order valence-electron chi connectivity index (χ2n) is 3.78. The predicted molar refractivity (Wildman–Crippen MR) is 57.4 cm³/mol. The smallest absolute Gasteiger partial charge is 0.323 e. The summed E-state index contributed by atoms with van der Waals surface area (Å²) < 4.78 is 0. The van der Waals surface area contributed by atoms with Crippen LogP contribution in [0.25, 0.3) is 0 Å². The number of aliphatic carboxylic acids is 2. The van der Waals surface area contributed by atoms with E-state index in [9.17, 15) is 14.4 Å². The first-order chi connectivity index (χ1) is 7.91. The Morgan fingerprint density at radius 1 is 1.18 bits per heavy atom. The lowest BCUT2D eigenvalue weighted by atomic mass is 10.0. The molecule has 3 N–H and O–H groups in total. The fraction of sp³-hybridized carbons (Fsp3) is 0.500. The van der Waals surface area contributed by atoms with Crippen molar-refractivity contribution in [1.82, 2.24) is 10.2 Å². The Hall–Kier alpha value is -1.89. The van der Waals surface area contributed by atoms with Crippen molar-refractivity contribution in [2.75, 3.05) is 26.2 Å². The molecule has 1 aliphatic rings. The van der Waals surface area contributed by atoms with Crippen molar-refractivity contribution >= 4 is 17.8 Å². The van der Waals surface area contributed by atoms with E-state index >= 15 is 0 Å². The predicted octanol–water partition coefficient (Wildman–Crippen LogP) is -1.10. The van der Waals surface area contributed by atoms with Crippen LogP contribution in [0.5, 0.6) is 0 Å².